The summed E-state index contributed by atoms with van der Waals surface area (Å²) in [6.07, 6.45) is 1.88. The van der Waals surface area contributed by atoms with Crippen molar-refractivity contribution in [3.8, 4) is 0 Å². The molecule has 1 aliphatic heterocycles. The standard InChI is InChI=1S/C18H19N5O2/c1-21-17(19-13-7-4-3-6-12(13)18(21)25)14-8-5-11-23(14)15-9-10-16(24)22(2)20-15/h3-4,6-7,9-10,14H,5,8,11H2,1-2H3. The fraction of sp³-hybridized carbons (Fsp3) is 0.333. The second kappa shape index (κ2) is 5.84. The van der Waals surface area contributed by atoms with Crippen molar-refractivity contribution < 1.29 is 0 Å². The van der Waals surface area contributed by atoms with Gasteiger partial charge in [0.05, 0.1) is 16.9 Å². The van der Waals surface area contributed by atoms with E-state index in [0.29, 0.717) is 10.9 Å². The van der Waals surface area contributed by atoms with E-state index < -0.39 is 0 Å². The number of anilines is 1. The summed E-state index contributed by atoms with van der Waals surface area (Å²) in [5.74, 6) is 1.46. The summed E-state index contributed by atoms with van der Waals surface area (Å²) in [5.41, 5.74) is 0.525. The molecule has 1 saturated heterocycles. The van der Waals surface area contributed by atoms with Crippen LogP contribution < -0.4 is 16.0 Å². The predicted octanol–water partition coefficient (Wildman–Crippen LogP) is 1.37. The Hall–Kier alpha value is -2.96. The molecule has 0 spiro atoms. The summed E-state index contributed by atoms with van der Waals surface area (Å²) in [4.78, 5) is 31.2. The van der Waals surface area contributed by atoms with Gasteiger partial charge in [-0.1, -0.05) is 12.1 Å². The Balaban J connectivity index is 1.84. The summed E-state index contributed by atoms with van der Waals surface area (Å²) in [6, 6.07) is 10.6. The van der Waals surface area contributed by atoms with Gasteiger partial charge in [-0.3, -0.25) is 14.2 Å². The Kier molecular flexibility index (Phi) is 3.63. The maximum absolute atomic E-state index is 12.7. The summed E-state index contributed by atoms with van der Waals surface area (Å²) in [5, 5.41) is 4.98. The van der Waals surface area contributed by atoms with Gasteiger partial charge in [-0.15, -0.1) is 0 Å². The minimum absolute atomic E-state index is 0.0349. The third-order valence-electron chi connectivity index (χ3n) is 4.81. The summed E-state index contributed by atoms with van der Waals surface area (Å²) >= 11 is 0. The van der Waals surface area contributed by atoms with Crippen molar-refractivity contribution in [1.82, 2.24) is 19.3 Å². The van der Waals surface area contributed by atoms with E-state index in [-0.39, 0.29) is 17.2 Å². The van der Waals surface area contributed by atoms with Crippen LogP contribution in [0, 0.1) is 0 Å². The number of aromatic nitrogens is 4. The summed E-state index contributed by atoms with van der Waals surface area (Å²) in [6.45, 7) is 0.818. The Morgan fingerprint density at radius 1 is 1.08 bits per heavy atom. The van der Waals surface area contributed by atoms with Gasteiger partial charge in [0.1, 0.15) is 11.6 Å². The van der Waals surface area contributed by atoms with Crippen molar-refractivity contribution in [1.29, 1.82) is 0 Å². The molecule has 4 rings (SSSR count). The highest BCUT2D eigenvalue weighted by Gasteiger charge is 2.31. The maximum Gasteiger partial charge on any atom is 0.266 e. The number of hydrogen-bond acceptors (Lipinski definition) is 5. The quantitative estimate of drug-likeness (QED) is 0.706. The number of fused-ring (bicyclic) bond motifs is 1. The van der Waals surface area contributed by atoms with Crippen LogP contribution in [0.1, 0.15) is 24.7 Å². The molecule has 0 N–H and O–H groups in total. The zero-order valence-corrected chi connectivity index (χ0v) is 14.2. The van der Waals surface area contributed by atoms with Gasteiger partial charge in [0, 0.05) is 26.7 Å². The van der Waals surface area contributed by atoms with Gasteiger partial charge in [-0.2, -0.15) is 5.10 Å². The second-order valence-corrected chi connectivity index (χ2v) is 6.36. The van der Waals surface area contributed by atoms with Gasteiger partial charge in [0.25, 0.3) is 11.1 Å². The van der Waals surface area contributed by atoms with E-state index in [9.17, 15) is 9.59 Å². The lowest BCUT2D eigenvalue weighted by molar-refractivity contribution is 0.596. The van der Waals surface area contributed by atoms with Gasteiger partial charge >= 0.3 is 0 Å². The number of nitrogens with zero attached hydrogens (tertiary/aromatic N) is 5. The molecule has 7 nitrogen and oxygen atoms in total. The van der Waals surface area contributed by atoms with E-state index in [2.05, 4.69) is 10.00 Å². The smallest absolute Gasteiger partial charge is 0.266 e. The van der Waals surface area contributed by atoms with E-state index in [1.165, 1.54) is 10.7 Å². The van der Waals surface area contributed by atoms with Crippen molar-refractivity contribution in [2.75, 3.05) is 11.4 Å². The van der Waals surface area contributed by atoms with Crippen LogP contribution >= 0.6 is 0 Å². The molecular weight excluding hydrogens is 318 g/mol. The first kappa shape index (κ1) is 15.6. The largest absolute Gasteiger partial charge is 0.345 e. The van der Waals surface area contributed by atoms with Crippen LogP contribution in [0.5, 0.6) is 0 Å². The normalized spacial score (nSPS) is 17.4. The summed E-state index contributed by atoms with van der Waals surface area (Å²) in [7, 11) is 3.41. The Bertz CT molecular complexity index is 1070. The van der Waals surface area contributed by atoms with Crippen molar-refractivity contribution in [2.24, 2.45) is 14.1 Å². The molecule has 0 aliphatic carbocycles. The van der Waals surface area contributed by atoms with Crippen LogP contribution in [0.3, 0.4) is 0 Å². The first-order chi connectivity index (χ1) is 12.1. The van der Waals surface area contributed by atoms with Gasteiger partial charge in [0.2, 0.25) is 0 Å². The lowest BCUT2D eigenvalue weighted by atomic mass is 10.1. The first-order valence-corrected chi connectivity index (χ1v) is 8.33. The van der Waals surface area contributed by atoms with E-state index in [1.54, 1.807) is 30.8 Å². The topological polar surface area (TPSA) is 73.0 Å². The molecule has 0 saturated carbocycles. The molecule has 1 aliphatic rings. The minimum atomic E-state index is -0.143. The van der Waals surface area contributed by atoms with Crippen LogP contribution in [0.15, 0.2) is 46.0 Å². The Labute approximate surface area is 144 Å². The third kappa shape index (κ3) is 2.52. The highest BCUT2D eigenvalue weighted by Crippen LogP contribution is 2.33. The lowest BCUT2D eigenvalue weighted by Crippen LogP contribution is -2.32. The molecular formula is C18H19N5O2. The van der Waals surface area contributed by atoms with E-state index in [4.69, 9.17) is 4.98 Å². The van der Waals surface area contributed by atoms with Gasteiger partial charge in [0.15, 0.2) is 0 Å². The van der Waals surface area contributed by atoms with Crippen LogP contribution in [-0.2, 0) is 14.1 Å². The maximum atomic E-state index is 12.7. The van der Waals surface area contributed by atoms with Crippen LogP contribution in [0.2, 0.25) is 0 Å². The fourth-order valence-corrected chi connectivity index (χ4v) is 3.49. The first-order valence-electron chi connectivity index (χ1n) is 8.33. The van der Waals surface area contributed by atoms with Crippen LogP contribution in [-0.4, -0.2) is 25.9 Å². The number of hydrogen-bond donors (Lipinski definition) is 0. The number of para-hydroxylation sites is 1. The monoisotopic (exact) mass is 337 g/mol. The SMILES string of the molecule is Cn1nc(N2CCCC2c2nc3ccccc3c(=O)n2C)ccc1=O. The number of aryl methyl sites for hydroxylation is 1. The molecule has 7 heteroatoms. The highest BCUT2D eigenvalue weighted by atomic mass is 16.1. The van der Waals surface area contributed by atoms with Gasteiger partial charge in [-0.25, -0.2) is 9.67 Å². The number of benzene rings is 1. The molecule has 3 heterocycles. The second-order valence-electron chi connectivity index (χ2n) is 6.36. The van der Waals surface area contributed by atoms with Crippen molar-refractivity contribution >= 4 is 16.7 Å². The van der Waals surface area contributed by atoms with Gasteiger partial charge in [-0.05, 0) is 31.0 Å². The van der Waals surface area contributed by atoms with Crippen LogP contribution in [0.4, 0.5) is 5.82 Å². The molecule has 1 aromatic carbocycles. The lowest BCUT2D eigenvalue weighted by Gasteiger charge is -2.26. The van der Waals surface area contributed by atoms with Crippen molar-refractivity contribution in [3.05, 3.63) is 62.9 Å². The van der Waals surface area contributed by atoms with E-state index in [1.807, 2.05) is 18.2 Å². The fourth-order valence-electron chi connectivity index (χ4n) is 3.49. The van der Waals surface area contributed by atoms with E-state index in [0.717, 1.165) is 31.0 Å². The molecule has 3 aromatic rings. The van der Waals surface area contributed by atoms with Gasteiger partial charge < -0.3 is 4.90 Å². The molecule has 1 fully saturated rings. The molecule has 1 unspecified atom stereocenters. The average Bonchev–Trinajstić information content (AvgIpc) is 3.10. The average molecular weight is 337 g/mol. The molecule has 128 valence electrons. The molecule has 0 radical (unpaired) electrons. The molecule has 25 heavy (non-hydrogen) atoms. The zero-order valence-electron chi connectivity index (χ0n) is 14.2. The third-order valence-corrected chi connectivity index (χ3v) is 4.81. The Morgan fingerprint density at radius 2 is 1.88 bits per heavy atom. The molecule has 0 bridgehead atoms. The number of rotatable bonds is 2. The zero-order chi connectivity index (χ0) is 17.6. The van der Waals surface area contributed by atoms with E-state index >= 15 is 0 Å². The van der Waals surface area contributed by atoms with Crippen molar-refractivity contribution in [2.45, 2.75) is 18.9 Å². The highest BCUT2D eigenvalue weighted by molar-refractivity contribution is 5.77. The predicted molar refractivity (Wildman–Crippen MR) is 95.8 cm³/mol. The molecule has 0 amide bonds. The minimum Gasteiger partial charge on any atom is -0.345 e. The molecule has 2 aromatic heterocycles. The summed E-state index contributed by atoms with van der Waals surface area (Å²) < 4.78 is 2.96. The van der Waals surface area contributed by atoms with Crippen molar-refractivity contribution in [3.63, 3.8) is 0 Å². The van der Waals surface area contributed by atoms with Crippen LogP contribution in [0.25, 0.3) is 10.9 Å². The molecule has 1 atom stereocenters. The Morgan fingerprint density at radius 3 is 2.68 bits per heavy atom.